The first-order valence-electron chi connectivity index (χ1n) is 7.08. The van der Waals surface area contributed by atoms with Gasteiger partial charge in [0, 0.05) is 32.4 Å². The van der Waals surface area contributed by atoms with Gasteiger partial charge in [0.15, 0.2) is 10.2 Å². The van der Waals surface area contributed by atoms with Crippen LogP contribution in [0.3, 0.4) is 0 Å². The standard InChI is InChI=1S/C14H21N7S2/c1-4-11(10-6-5-7-17-8-10)12(19-21-14(23)16-3)9-18-20-13(22)15-2/h5-9,11H,4H2,1-3H3,(H2,15,20,22)(H2,16,21,23)/b18-9+,19-12+. The van der Waals surface area contributed by atoms with Crippen LogP contribution in [0.4, 0.5) is 0 Å². The molecule has 1 aromatic rings. The van der Waals surface area contributed by atoms with E-state index in [1.807, 2.05) is 18.3 Å². The molecule has 0 radical (unpaired) electrons. The number of thiocarbonyl (C=S) groups is 2. The predicted octanol–water partition coefficient (Wildman–Crippen LogP) is 1.10. The van der Waals surface area contributed by atoms with Crippen molar-refractivity contribution in [2.45, 2.75) is 19.3 Å². The molecule has 0 bridgehead atoms. The van der Waals surface area contributed by atoms with Crippen LogP contribution in [-0.2, 0) is 0 Å². The zero-order valence-electron chi connectivity index (χ0n) is 13.3. The summed E-state index contributed by atoms with van der Waals surface area (Å²) in [6.07, 6.45) is 6.01. The van der Waals surface area contributed by atoms with Crippen LogP contribution < -0.4 is 21.5 Å². The molecule has 1 atom stereocenters. The topological polar surface area (TPSA) is 85.7 Å². The van der Waals surface area contributed by atoms with E-state index in [-0.39, 0.29) is 5.92 Å². The quantitative estimate of drug-likeness (QED) is 0.347. The summed E-state index contributed by atoms with van der Waals surface area (Å²) in [6.45, 7) is 2.07. The van der Waals surface area contributed by atoms with E-state index in [0.29, 0.717) is 15.9 Å². The number of hydrogen-bond donors (Lipinski definition) is 4. The maximum atomic E-state index is 5.05. The fourth-order valence-corrected chi connectivity index (χ4v) is 1.88. The maximum absolute atomic E-state index is 5.05. The molecule has 23 heavy (non-hydrogen) atoms. The van der Waals surface area contributed by atoms with E-state index in [0.717, 1.165) is 12.0 Å². The van der Waals surface area contributed by atoms with Crippen LogP contribution in [0.25, 0.3) is 0 Å². The van der Waals surface area contributed by atoms with Crippen molar-refractivity contribution in [1.82, 2.24) is 26.5 Å². The van der Waals surface area contributed by atoms with Crippen LogP contribution in [0.15, 0.2) is 34.7 Å². The number of rotatable bonds is 6. The lowest BCUT2D eigenvalue weighted by Crippen LogP contribution is -2.31. The second kappa shape index (κ2) is 10.6. The van der Waals surface area contributed by atoms with Crippen molar-refractivity contribution in [3.8, 4) is 0 Å². The molecule has 0 fully saturated rings. The van der Waals surface area contributed by atoms with E-state index in [4.69, 9.17) is 24.4 Å². The number of pyridine rings is 1. The first-order chi connectivity index (χ1) is 11.1. The molecule has 0 amide bonds. The summed E-state index contributed by atoms with van der Waals surface area (Å²) in [5.41, 5.74) is 7.26. The van der Waals surface area contributed by atoms with Crippen LogP contribution in [-0.4, -0.2) is 41.2 Å². The van der Waals surface area contributed by atoms with Crippen LogP contribution >= 0.6 is 24.4 Å². The van der Waals surface area contributed by atoms with Gasteiger partial charge in [-0.3, -0.25) is 15.8 Å². The number of hydrogen-bond acceptors (Lipinski definition) is 5. The summed E-state index contributed by atoms with van der Waals surface area (Å²) in [4.78, 5) is 4.16. The summed E-state index contributed by atoms with van der Waals surface area (Å²) in [5.74, 6) is 0.0320. The Morgan fingerprint density at radius 3 is 2.52 bits per heavy atom. The smallest absolute Gasteiger partial charge is 0.186 e. The third kappa shape index (κ3) is 6.66. The molecule has 1 heterocycles. The normalized spacial score (nSPS) is 12.6. The monoisotopic (exact) mass is 351 g/mol. The van der Waals surface area contributed by atoms with Gasteiger partial charge < -0.3 is 10.6 Å². The average Bonchev–Trinajstić information content (AvgIpc) is 2.60. The van der Waals surface area contributed by atoms with Crippen LogP contribution in [0, 0.1) is 0 Å². The predicted molar refractivity (Wildman–Crippen MR) is 103 cm³/mol. The molecule has 0 spiro atoms. The molecule has 0 aliphatic rings. The van der Waals surface area contributed by atoms with Crippen molar-refractivity contribution in [1.29, 1.82) is 0 Å². The first-order valence-corrected chi connectivity index (χ1v) is 7.90. The van der Waals surface area contributed by atoms with E-state index in [2.05, 4.69) is 43.6 Å². The molecule has 124 valence electrons. The lowest BCUT2D eigenvalue weighted by molar-refractivity contribution is 0.829. The fourth-order valence-electron chi connectivity index (χ4n) is 1.78. The molecule has 0 saturated heterocycles. The second-order valence-corrected chi connectivity index (χ2v) is 5.24. The number of aromatic nitrogens is 1. The lowest BCUT2D eigenvalue weighted by Gasteiger charge is -2.15. The number of nitrogens with one attached hydrogen (secondary N) is 4. The summed E-state index contributed by atoms with van der Waals surface area (Å²) < 4.78 is 0. The van der Waals surface area contributed by atoms with Crippen molar-refractivity contribution in [2.24, 2.45) is 10.2 Å². The Morgan fingerprint density at radius 1 is 1.26 bits per heavy atom. The second-order valence-electron chi connectivity index (χ2n) is 4.42. The molecule has 0 aromatic carbocycles. The van der Waals surface area contributed by atoms with Crippen LogP contribution in [0.2, 0.25) is 0 Å². The highest BCUT2D eigenvalue weighted by Crippen LogP contribution is 2.19. The minimum absolute atomic E-state index is 0.0320. The summed E-state index contributed by atoms with van der Waals surface area (Å²) in [6, 6.07) is 3.90. The van der Waals surface area contributed by atoms with E-state index in [1.54, 1.807) is 26.5 Å². The molecule has 1 aromatic heterocycles. The van der Waals surface area contributed by atoms with Crippen molar-refractivity contribution < 1.29 is 0 Å². The third-order valence-electron chi connectivity index (χ3n) is 2.96. The molecular formula is C14H21N7S2. The summed E-state index contributed by atoms with van der Waals surface area (Å²) in [7, 11) is 3.45. The van der Waals surface area contributed by atoms with Crippen molar-refractivity contribution in [3.05, 3.63) is 30.1 Å². The number of hydrazone groups is 2. The van der Waals surface area contributed by atoms with Crippen LogP contribution in [0.5, 0.6) is 0 Å². The van der Waals surface area contributed by atoms with Crippen molar-refractivity contribution in [3.63, 3.8) is 0 Å². The lowest BCUT2D eigenvalue weighted by atomic mass is 9.93. The Hall–Kier alpha value is -2.13. The minimum Gasteiger partial charge on any atom is -0.364 e. The van der Waals surface area contributed by atoms with E-state index in [9.17, 15) is 0 Å². The summed E-state index contributed by atoms with van der Waals surface area (Å²) in [5, 5.41) is 14.9. The van der Waals surface area contributed by atoms with Gasteiger partial charge in [-0.15, -0.1) is 0 Å². The average molecular weight is 352 g/mol. The van der Waals surface area contributed by atoms with Gasteiger partial charge in [0.05, 0.1) is 11.9 Å². The Morgan fingerprint density at radius 2 is 1.96 bits per heavy atom. The zero-order valence-corrected chi connectivity index (χ0v) is 15.0. The van der Waals surface area contributed by atoms with Gasteiger partial charge in [0.25, 0.3) is 0 Å². The van der Waals surface area contributed by atoms with E-state index < -0.39 is 0 Å². The minimum atomic E-state index is 0.0320. The molecule has 4 N–H and O–H groups in total. The molecule has 0 aliphatic heterocycles. The molecule has 1 rings (SSSR count). The highest BCUT2D eigenvalue weighted by Gasteiger charge is 2.16. The highest BCUT2D eigenvalue weighted by molar-refractivity contribution is 7.80. The van der Waals surface area contributed by atoms with Crippen LogP contribution in [0.1, 0.15) is 24.8 Å². The Kier molecular flexibility index (Phi) is 8.70. The molecule has 0 saturated carbocycles. The largest absolute Gasteiger partial charge is 0.364 e. The molecular weight excluding hydrogens is 330 g/mol. The third-order valence-corrected chi connectivity index (χ3v) is 3.55. The SMILES string of the molecule is CCC(C(/C=N/NC(=S)NC)=N/NC(=S)NC)c1cccnc1. The van der Waals surface area contributed by atoms with Gasteiger partial charge in [0.2, 0.25) is 0 Å². The van der Waals surface area contributed by atoms with Gasteiger partial charge in [-0.2, -0.15) is 10.2 Å². The highest BCUT2D eigenvalue weighted by atomic mass is 32.1. The number of nitrogens with zero attached hydrogens (tertiary/aromatic N) is 3. The first kappa shape index (κ1) is 18.9. The Bertz CT molecular complexity index is 572. The zero-order chi connectivity index (χ0) is 17.1. The van der Waals surface area contributed by atoms with Gasteiger partial charge in [-0.25, -0.2) is 0 Å². The fraction of sp³-hybridized carbons (Fsp3) is 0.357. The van der Waals surface area contributed by atoms with Gasteiger partial charge in [0.1, 0.15) is 0 Å². The molecule has 0 aliphatic carbocycles. The molecule has 7 nitrogen and oxygen atoms in total. The Balaban J connectivity index is 3.00. The molecule has 9 heteroatoms. The van der Waals surface area contributed by atoms with E-state index >= 15 is 0 Å². The van der Waals surface area contributed by atoms with Gasteiger partial charge >= 0.3 is 0 Å². The van der Waals surface area contributed by atoms with Crippen molar-refractivity contribution >= 4 is 46.6 Å². The summed E-state index contributed by atoms with van der Waals surface area (Å²) >= 11 is 10.0. The van der Waals surface area contributed by atoms with Crippen molar-refractivity contribution in [2.75, 3.05) is 14.1 Å². The van der Waals surface area contributed by atoms with Gasteiger partial charge in [-0.05, 0) is 42.5 Å². The maximum Gasteiger partial charge on any atom is 0.186 e. The molecule has 1 unspecified atom stereocenters. The van der Waals surface area contributed by atoms with E-state index in [1.165, 1.54) is 0 Å². The Labute approximate surface area is 147 Å². The van der Waals surface area contributed by atoms with Gasteiger partial charge in [-0.1, -0.05) is 13.0 Å².